The molecule has 2 aromatic carbocycles. The zero-order chi connectivity index (χ0) is 47.0. The van der Waals surface area contributed by atoms with Crippen LogP contribution in [-0.2, 0) is 28.4 Å². The third kappa shape index (κ3) is 8.98. The molecule has 9 nitrogen and oxygen atoms in total. The highest BCUT2D eigenvalue weighted by Crippen LogP contribution is 2.54. The zero-order valence-corrected chi connectivity index (χ0v) is 45.2. The molecule has 0 spiro atoms. The summed E-state index contributed by atoms with van der Waals surface area (Å²) in [6, 6.07) is 8.92. The first-order chi connectivity index (χ1) is 28.7. The van der Waals surface area contributed by atoms with Crippen molar-refractivity contribution in [2.75, 3.05) is 20.5 Å². The molecule has 0 saturated carbocycles. The Bertz CT molecular complexity index is 1820. The van der Waals surface area contributed by atoms with Gasteiger partial charge in [0.1, 0.15) is 29.5 Å². The van der Waals surface area contributed by atoms with Crippen LogP contribution in [-0.4, -0.2) is 79.7 Å². The molecule has 2 aromatic rings. The minimum atomic E-state index is -2.64. The SMILES string of the molecule is COCOc1cccc2c1C(=N)c1c(O)cc(C)cc1[C@]2(O)C1=C[C@@H](O[Si](C(C)C)(C(C)C)C(C)C)[C@H](O[Si](C(C)C)(C(C)C)C(C)C)[C@@H](CO[Si](C(C)C)(C(C)C)C(C)C)O1. The molecule has 0 saturated heterocycles. The van der Waals surface area contributed by atoms with Gasteiger partial charge in [0.05, 0.1) is 18.4 Å². The maximum Gasteiger partial charge on any atom is 0.201 e. The second kappa shape index (κ2) is 20.1. The van der Waals surface area contributed by atoms with E-state index in [9.17, 15) is 15.6 Å². The maximum absolute atomic E-state index is 14.0. The lowest BCUT2D eigenvalue weighted by Crippen LogP contribution is -2.62. The Morgan fingerprint density at radius 1 is 0.677 bits per heavy atom. The summed E-state index contributed by atoms with van der Waals surface area (Å²) in [4.78, 5) is 0. The number of aryl methyl sites for hydroxylation is 1. The summed E-state index contributed by atoms with van der Waals surface area (Å²) < 4.78 is 42.3. The van der Waals surface area contributed by atoms with Gasteiger partial charge in [0, 0.05) is 29.4 Å². The summed E-state index contributed by atoms with van der Waals surface area (Å²) in [5.41, 5.74) is 2.83. The molecule has 1 aliphatic carbocycles. The number of hydrogen-bond donors (Lipinski definition) is 3. The summed E-state index contributed by atoms with van der Waals surface area (Å²) in [5, 5.41) is 35.2. The number of fused-ring (bicyclic) bond motifs is 2. The molecule has 4 rings (SSSR count). The molecule has 4 atom stereocenters. The third-order valence-corrected chi connectivity index (χ3v) is 33.1. The summed E-state index contributed by atoms with van der Waals surface area (Å²) in [5.74, 6) is 0.531. The van der Waals surface area contributed by atoms with Crippen molar-refractivity contribution in [1.29, 1.82) is 5.41 Å². The van der Waals surface area contributed by atoms with Crippen LogP contribution in [0.15, 0.2) is 42.2 Å². The van der Waals surface area contributed by atoms with Gasteiger partial charge in [0.15, 0.2) is 12.4 Å². The van der Waals surface area contributed by atoms with Gasteiger partial charge in [-0.15, -0.1) is 0 Å². The van der Waals surface area contributed by atoms with Gasteiger partial charge in [-0.2, -0.15) is 0 Å². The summed E-state index contributed by atoms with van der Waals surface area (Å²) in [6.45, 7) is 43.6. The Morgan fingerprint density at radius 3 is 1.63 bits per heavy atom. The molecule has 1 heterocycles. The van der Waals surface area contributed by atoms with Crippen molar-refractivity contribution in [2.24, 2.45) is 0 Å². The van der Waals surface area contributed by atoms with E-state index in [-0.39, 0.29) is 69.4 Å². The second-order valence-electron chi connectivity index (χ2n) is 21.1. The quantitative estimate of drug-likeness (QED) is 0.0887. The van der Waals surface area contributed by atoms with Crippen LogP contribution in [0.25, 0.3) is 0 Å². The van der Waals surface area contributed by atoms with Gasteiger partial charge in [-0.3, -0.25) is 5.41 Å². The van der Waals surface area contributed by atoms with E-state index in [1.54, 1.807) is 19.2 Å². The molecule has 0 bridgehead atoms. The van der Waals surface area contributed by atoms with Crippen molar-refractivity contribution in [3.05, 3.63) is 70.0 Å². The molecule has 0 radical (unpaired) electrons. The van der Waals surface area contributed by atoms with Crippen molar-refractivity contribution in [3.63, 3.8) is 0 Å². The number of rotatable bonds is 20. The second-order valence-corrected chi connectivity index (χ2v) is 37.4. The lowest BCUT2D eigenvalue weighted by Gasteiger charge is -2.53. The van der Waals surface area contributed by atoms with Gasteiger partial charge in [-0.1, -0.05) is 143 Å². The smallest absolute Gasteiger partial charge is 0.201 e. The van der Waals surface area contributed by atoms with Crippen LogP contribution in [0.1, 0.15) is 152 Å². The highest BCUT2D eigenvalue weighted by molar-refractivity contribution is 6.78. The van der Waals surface area contributed by atoms with Crippen LogP contribution in [0.3, 0.4) is 0 Å². The van der Waals surface area contributed by atoms with Crippen LogP contribution in [0, 0.1) is 12.3 Å². The average Bonchev–Trinajstić information content (AvgIpc) is 3.16. The first-order valence-electron chi connectivity index (χ1n) is 23.5. The number of phenolic OH excluding ortho intramolecular Hbond substituents is 1. The Hall–Kier alpha value is -2.30. The number of nitrogens with one attached hydrogen (secondary N) is 1. The predicted octanol–water partition coefficient (Wildman–Crippen LogP) is 13.2. The molecule has 0 aromatic heterocycles. The molecule has 0 fully saturated rings. The van der Waals surface area contributed by atoms with Crippen molar-refractivity contribution in [2.45, 2.75) is 205 Å². The standard InChI is InChI=1S/C50H85NO8Si3/c1-29(2)60(30(3)4,31(5)6)56-27-44-49(59-62(35(13)14,36(15)16)37(17)18)43(58-61(32(7)8,33(9)10)34(11)12)26-45(57-44)50(53)39-22-21-23-42(55-28-54-20)47(39)48(51)46-40(50)24-38(19)25-41(46)52/h21-26,29-37,43-44,49,51-53H,27-28H2,1-20H3/t43-,44-,49+,50+/m1/s1. The molecular formula is C50H85NO8Si3. The number of ether oxygens (including phenoxy) is 3. The number of aromatic hydroxyl groups is 1. The number of phenols is 1. The maximum atomic E-state index is 14.0. The van der Waals surface area contributed by atoms with E-state index in [1.165, 1.54) is 0 Å². The minimum absolute atomic E-state index is 0.0446. The van der Waals surface area contributed by atoms with Gasteiger partial charge in [0.25, 0.3) is 0 Å². The molecule has 0 amide bonds. The normalized spacial score (nSPS) is 21.3. The summed E-state index contributed by atoms with van der Waals surface area (Å²) in [6.07, 6.45) is 0.156. The molecule has 12 heteroatoms. The third-order valence-electron chi connectivity index (χ3n) is 14.8. The summed E-state index contributed by atoms with van der Waals surface area (Å²) in [7, 11) is -6.16. The highest BCUT2D eigenvalue weighted by Gasteiger charge is 2.58. The van der Waals surface area contributed by atoms with E-state index in [4.69, 9.17) is 27.5 Å². The lowest BCUT2D eigenvalue weighted by atomic mass is 9.71. The molecule has 3 N–H and O–H groups in total. The summed E-state index contributed by atoms with van der Waals surface area (Å²) >= 11 is 0. The van der Waals surface area contributed by atoms with E-state index < -0.39 is 48.9 Å². The topological polar surface area (TPSA) is 120 Å². The average molecular weight is 912 g/mol. The Morgan fingerprint density at radius 2 is 1.16 bits per heavy atom. The van der Waals surface area contributed by atoms with E-state index in [0.29, 0.717) is 39.1 Å². The van der Waals surface area contributed by atoms with Crippen LogP contribution in [0.5, 0.6) is 11.5 Å². The number of benzene rings is 2. The molecule has 0 unspecified atom stereocenters. The van der Waals surface area contributed by atoms with E-state index >= 15 is 0 Å². The van der Waals surface area contributed by atoms with Crippen molar-refractivity contribution in [3.8, 4) is 11.5 Å². The van der Waals surface area contributed by atoms with Crippen LogP contribution in [0.2, 0.25) is 49.9 Å². The minimum Gasteiger partial charge on any atom is -0.507 e. The fourth-order valence-electron chi connectivity index (χ4n) is 12.5. The molecule has 62 heavy (non-hydrogen) atoms. The van der Waals surface area contributed by atoms with Crippen molar-refractivity contribution < 1.29 is 37.7 Å². The molecule has 1 aliphatic heterocycles. The predicted molar refractivity (Wildman–Crippen MR) is 263 cm³/mol. The zero-order valence-electron chi connectivity index (χ0n) is 42.2. The Labute approximate surface area is 379 Å². The van der Waals surface area contributed by atoms with E-state index in [2.05, 4.69) is 125 Å². The van der Waals surface area contributed by atoms with E-state index in [1.807, 2.05) is 31.2 Å². The van der Waals surface area contributed by atoms with Gasteiger partial charge in [0.2, 0.25) is 25.0 Å². The van der Waals surface area contributed by atoms with Crippen LogP contribution in [0.4, 0.5) is 0 Å². The van der Waals surface area contributed by atoms with Crippen molar-refractivity contribution in [1.82, 2.24) is 0 Å². The first kappa shape index (κ1) is 52.3. The van der Waals surface area contributed by atoms with Gasteiger partial charge < -0.3 is 37.7 Å². The fourth-order valence-corrected chi connectivity index (χ4v) is 29.0. The van der Waals surface area contributed by atoms with Gasteiger partial charge in [-0.05, 0) is 80.6 Å². The van der Waals surface area contributed by atoms with Crippen molar-refractivity contribution >= 4 is 30.7 Å². The highest BCUT2D eigenvalue weighted by atomic mass is 28.4. The van der Waals surface area contributed by atoms with Crippen LogP contribution < -0.4 is 4.74 Å². The molecule has 2 aliphatic rings. The molecular weight excluding hydrogens is 827 g/mol. The number of hydrogen-bond acceptors (Lipinski definition) is 9. The Kier molecular flexibility index (Phi) is 16.9. The van der Waals surface area contributed by atoms with Crippen LogP contribution >= 0.6 is 0 Å². The lowest BCUT2D eigenvalue weighted by molar-refractivity contribution is -0.105. The largest absolute Gasteiger partial charge is 0.507 e. The number of methoxy groups -OCH3 is 1. The monoisotopic (exact) mass is 912 g/mol. The molecule has 350 valence electrons. The first-order valence-corrected chi connectivity index (χ1v) is 30.0. The number of aliphatic hydroxyl groups is 1. The fraction of sp³-hybridized carbons (Fsp3) is 0.700. The van der Waals surface area contributed by atoms with E-state index in [0.717, 1.165) is 5.56 Å². The Balaban J connectivity index is 2.21. The van der Waals surface area contributed by atoms with Gasteiger partial charge >= 0.3 is 0 Å². The van der Waals surface area contributed by atoms with Gasteiger partial charge in [-0.25, -0.2) is 0 Å².